The summed E-state index contributed by atoms with van der Waals surface area (Å²) < 4.78 is 8.98. The van der Waals surface area contributed by atoms with Gasteiger partial charge in [-0.15, -0.1) is 0 Å². The Labute approximate surface area is 268 Å². The molecule has 0 fully saturated rings. The number of anilines is 3. The van der Waals surface area contributed by atoms with Crippen LogP contribution in [0.15, 0.2) is 116 Å². The number of aromatic nitrogens is 3. The van der Waals surface area contributed by atoms with E-state index in [4.69, 9.17) is 14.7 Å². The molecule has 0 amide bonds. The molecule has 0 saturated heterocycles. The Bertz CT molecular complexity index is 2330. The van der Waals surface area contributed by atoms with Crippen molar-refractivity contribution in [3.63, 3.8) is 0 Å². The highest BCUT2D eigenvalue weighted by atomic mass is 16.5. The number of pyridine rings is 2. The number of ether oxygens (including phenoxy) is 1. The number of aryl methyl sites for hydroxylation is 1. The summed E-state index contributed by atoms with van der Waals surface area (Å²) in [6.45, 7) is 11.3. The van der Waals surface area contributed by atoms with Crippen LogP contribution in [-0.4, -0.2) is 14.5 Å². The zero-order chi connectivity index (χ0) is 31.4. The number of fused-ring (bicyclic) bond motifs is 7. The monoisotopic (exact) mass is 598 g/mol. The summed E-state index contributed by atoms with van der Waals surface area (Å²) in [6, 6.07) is 36.5. The van der Waals surface area contributed by atoms with Crippen molar-refractivity contribution in [2.45, 2.75) is 45.4 Å². The van der Waals surface area contributed by atoms with E-state index in [2.05, 4.69) is 129 Å². The van der Waals surface area contributed by atoms with Gasteiger partial charge < -0.3 is 4.74 Å². The molecule has 0 N–H and O–H groups in total. The van der Waals surface area contributed by atoms with Gasteiger partial charge in [-0.05, 0) is 66.6 Å². The Morgan fingerprint density at radius 3 is 2.11 bits per heavy atom. The van der Waals surface area contributed by atoms with Crippen LogP contribution in [0.25, 0.3) is 27.6 Å². The molecule has 7 aromatic rings. The Balaban J connectivity index is 1.18. The second-order valence-electron chi connectivity index (χ2n) is 13.7. The molecule has 2 aliphatic rings. The van der Waals surface area contributed by atoms with Crippen LogP contribution in [0.2, 0.25) is 0 Å². The minimum absolute atomic E-state index is 0.159. The van der Waals surface area contributed by atoms with E-state index in [-0.39, 0.29) is 10.8 Å². The maximum absolute atomic E-state index is 6.65. The Hall–Kier alpha value is -5.42. The molecule has 0 bridgehead atoms. The largest absolute Gasteiger partial charge is 0.457 e. The third kappa shape index (κ3) is 3.63. The van der Waals surface area contributed by atoms with Gasteiger partial charge in [-0.25, -0.2) is 9.97 Å². The third-order valence-corrected chi connectivity index (χ3v) is 10.1. The van der Waals surface area contributed by atoms with Crippen molar-refractivity contribution in [3.8, 4) is 17.3 Å². The first-order valence-electron chi connectivity index (χ1n) is 15.9. The van der Waals surface area contributed by atoms with E-state index in [0.29, 0.717) is 0 Å². The smallest absolute Gasteiger partial charge is 0.141 e. The lowest BCUT2D eigenvalue weighted by Crippen LogP contribution is -2.31. The average Bonchev–Trinajstić information content (AvgIpc) is 3.37. The summed E-state index contributed by atoms with van der Waals surface area (Å²) in [4.78, 5) is 12.1. The first-order chi connectivity index (χ1) is 22.2. The Morgan fingerprint density at radius 1 is 0.587 bits per heavy atom. The predicted molar refractivity (Wildman–Crippen MR) is 187 cm³/mol. The van der Waals surface area contributed by atoms with Gasteiger partial charge in [-0.1, -0.05) is 75.7 Å². The van der Waals surface area contributed by atoms with Crippen LogP contribution >= 0.6 is 0 Å². The zero-order valence-corrected chi connectivity index (χ0v) is 26.7. The van der Waals surface area contributed by atoms with Crippen LogP contribution in [0.5, 0.6) is 11.5 Å². The van der Waals surface area contributed by atoms with Crippen molar-refractivity contribution in [2.24, 2.45) is 0 Å². The van der Waals surface area contributed by atoms with Gasteiger partial charge in [0, 0.05) is 57.3 Å². The average molecular weight is 599 g/mol. The van der Waals surface area contributed by atoms with E-state index in [1.807, 2.05) is 30.6 Å². The molecule has 46 heavy (non-hydrogen) atoms. The van der Waals surface area contributed by atoms with Gasteiger partial charge in [0.25, 0.3) is 0 Å². The topological polar surface area (TPSA) is 43.2 Å². The normalized spacial score (nSPS) is 15.4. The number of rotatable bonds is 3. The summed E-state index contributed by atoms with van der Waals surface area (Å²) in [5.41, 5.74) is 10.4. The minimum atomic E-state index is -0.164. The summed E-state index contributed by atoms with van der Waals surface area (Å²) in [7, 11) is 0. The molecule has 5 heterocycles. The van der Waals surface area contributed by atoms with E-state index >= 15 is 0 Å². The second kappa shape index (κ2) is 9.30. The zero-order valence-electron chi connectivity index (χ0n) is 26.7. The van der Waals surface area contributed by atoms with Gasteiger partial charge in [0.1, 0.15) is 23.1 Å². The minimum Gasteiger partial charge on any atom is -0.457 e. The third-order valence-electron chi connectivity index (χ3n) is 10.1. The molecule has 0 aliphatic carbocycles. The Kier molecular flexibility index (Phi) is 5.45. The fourth-order valence-electron chi connectivity index (χ4n) is 7.84. The van der Waals surface area contributed by atoms with Crippen LogP contribution in [0.4, 0.5) is 17.2 Å². The van der Waals surface area contributed by atoms with Crippen molar-refractivity contribution >= 4 is 39.0 Å². The van der Waals surface area contributed by atoms with Gasteiger partial charge in [-0.3, -0.25) is 9.47 Å². The van der Waals surface area contributed by atoms with Crippen LogP contribution in [-0.2, 0) is 10.8 Å². The number of benzene rings is 4. The summed E-state index contributed by atoms with van der Waals surface area (Å²) in [6.07, 6.45) is 3.77. The summed E-state index contributed by atoms with van der Waals surface area (Å²) in [5.74, 6) is 3.48. The fourth-order valence-corrected chi connectivity index (χ4v) is 7.84. The van der Waals surface area contributed by atoms with Crippen molar-refractivity contribution in [1.29, 1.82) is 0 Å². The van der Waals surface area contributed by atoms with E-state index < -0.39 is 0 Å². The highest BCUT2D eigenvalue weighted by Crippen LogP contribution is 2.51. The maximum atomic E-state index is 6.65. The summed E-state index contributed by atoms with van der Waals surface area (Å²) in [5, 5.41) is 2.45. The number of para-hydroxylation sites is 1. The lowest BCUT2D eigenvalue weighted by molar-refractivity contribution is 0.483. The predicted octanol–water partition coefficient (Wildman–Crippen LogP) is 10.4. The first-order valence-corrected chi connectivity index (χ1v) is 15.9. The number of hydrogen-bond acceptors (Lipinski definition) is 4. The molecule has 0 unspecified atom stereocenters. The van der Waals surface area contributed by atoms with Crippen molar-refractivity contribution in [1.82, 2.24) is 14.5 Å². The molecule has 5 heteroatoms. The second-order valence-corrected chi connectivity index (χ2v) is 13.7. The van der Waals surface area contributed by atoms with Crippen LogP contribution < -0.4 is 9.64 Å². The molecule has 2 aliphatic heterocycles. The van der Waals surface area contributed by atoms with E-state index in [9.17, 15) is 0 Å². The van der Waals surface area contributed by atoms with Crippen molar-refractivity contribution < 1.29 is 4.74 Å². The van der Waals surface area contributed by atoms with E-state index in [0.717, 1.165) is 40.0 Å². The van der Waals surface area contributed by atoms with Gasteiger partial charge in [-0.2, -0.15) is 0 Å². The van der Waals surface area contributed by atoms with E-state index in [1.165, 1.54) is 44.1 Å². The molecule has 3 aromatic heterocycles. The highest BCUT2D eigenvalue weighted by molar-refractivity contribution is 6.12. The molecular formula is C41H34N4O. The quantitative estimate of drug-likeness (QED) is 0.203. The molecule has 4 aromatic carbocycles. The lowest BCUT2D eigenvalue weighted by Gasteiger charge is -2.40. The van der Waals surface area contributed by atoms with Gasteiger partial charge in [0.15, 0.2) is 0 Å². The van der Waals surface area contributed by atoms with Crippen LogP contribution in [0, 0.1) is 6.92 Å². The van der Waals surface area contributed by atoms with Gasteiger partial charge >= 0.3 is 0 Å². The number of nitrogens with zero attached hydrogens (tertiary/aromatic N) is 4. The lowest BCUT2D eigenvalue weighted by atomic mass is 9.74. The molecule has 0 atom stereocenters. The molecular weight excluding hydrogens is 564 g/mol. The van der Waals surface area contributed by atoms with Gasteiger partial charge in [0.05, 0.1) is 22.4 Å². The summed E-state index contributed by atoms with van der Waals surface area (Å²) >= 11 is 0. The molecule has 0 radical (unpaired) electrons. The van der Waals surface area contributed by atoms with Crippen LogP contribution in [0.3, 0.4) is 0 Å². The number of hydrogen-bond donors (Lipinski definition) is 0. The Morgan fingerprint density at radius 2 is 1.28 bits per heavy atom. The molecule has 0 saturated carbocycles. The molecule has 9 rings (SSSR count). The SMILES string of the molecule is Cc1cc2c3c(c1)c1ccc(Oc4cccc(N5c6ccccc6C(C)(C)c6cccnc65)c4)cc1n3-c1ncccc1C2(C)C. The van der Waals surface area contributed by atoms with E-state index in [1.54, 1.807) is 0 Å². The van der Waals surface area contributed by atoms with Crippen molar-refractivity contribution in [3.05, 3.63) is 143 Å². The fraction of sp³-hybridized carbons (Fsp3) is 0.171. The molecule has 224 valence electrons. The first kappa shape index (κ1) is 26.9. The van der Waals surface area contributed by atoms with Crippen molar-refractivity contribution in [2.75, 3.05) is 4.90 Å². The highest BCUT2D eigenvalue weighted by Gasteiger charge is 2.38. The maximum Gasteiger partial charge on any atom is 0.141 e. The molecule has 5 nitrogen and oxygen atoms in total. The van der Waals surface area contributed by atoms with Gasteiger partial charge in [0.2, 0.25) is 0 Å². The van der Waals surface area contributed by atoms with Crippen LogP contribution in [0.1, 0.15) is 55.5 Å². The standard InChI is InChI=1S/C41H34N4O/c1-25-21-30-29-18-17-28(24-36(29)45-37(30)34(22-25)41(4,5)33-15-10-20-43-39(33)45)46-27-12-8-11-26(23-27)44-35-16-7-6-13-31(35)40(2,3)32-14-9-19-42-38(32)44/h6-24H,1-5H3. The molecule has 0 spiro atoms.